The Kier molecular flexibility index (Phi) is 3.85. The van der Waals surface area contributed by atoms with Crippen molar-refractivity contribution in [3.8, 4) is 11.4 Å². The molecule has 3 heterocycles. The van der Waals surface area contributed by atoms with Crippen molar-refractivity contribution in [1.82, 2.24) is 19.5 Å². The van der Waals surface area contributed by atoms with Crippen LogP contribution in [-0.2, 0) is 0 Å². The highest BCUT2D eigenvalue weighted by molar-refractivity contribution is 7.13. The van der Waals surface area contributed by atoms with Crippen molar-refractivity contribution in [3.05, 3.63) is 53.4 Å². The topological polar surface area (TPSA) is 64.9 Å². The van der Waals surface area contributed by atoms with Crippen molar-refractivity contribution in [2.45, 2.75) is 13.8 Å². The van der Waals surface area contributed by atoms with E-state index in [1.807, 2.05) is 29.6 Å². The van der Waals surface area contributed by atoms with Gasteiger partial charge in [-0.3, -0.25) is 4.57 Å². The number of hydrogen-bond acceptors (Lipinski definition) is 6. The molecule has 0 bridgehead atoms. The molecule has 0 radical (unpaired) electrons. The van der Waals surface area contributed by atoms with Gasteiger partial charge < -0.3 is 10.1 Å². The van der Waals surface area contributed by atoms with Crippen LogP contribution in [0.3, 0.4) is 0 Å². The van der Waals surface area contributed by atoms with Gasteiger partial charge in [-0.25, -0.2) is 15.0 Å². The van der Waals surface area contributed by atoms with Gasteiger partial charge in [0.05, 0.1) is 12.5 Å². The summed E-state index contributed by atoms with van der Waals surface area (Å²) in [7, 11) is 1.67. The number of aromatic nitrogens is 4. The molecule has 0 fully saturated rings. The Morgan fingerprint density at radius 2 is 1.88 bits per heavy atom. The lowest BCUT2D eigenvalue weighted by Crippen LogP contribution is -1.99. The van der Waals surface area contributed by atoms with Crippen LogP contribution in [0.15, 0.2) is 42.2 Å². The van der Waals surface area contributed by atoms with Gasteiger partial charge in [-0.05, 0) is 43.7 Å². The van der Waals surface area contributed by atoms with E-state index in [0.29, 0.717) is 0 Å². The molecule has 0 atom stereocenters. The Balaban J connectivity index is 1.89. The van der Waals surface area contributed by atoms with E-state index < -0.39 is 0 Å². The molecule has 0 aliphatic heterocycles. The fourth-order valence-electron chi connectivity index (χ4n) is 2.93. The summed E-state index contributed by atoms with van der Waals surface area (Å²) in [4.78, 5) is 13.2. The van der Waals surface area contributed by atoms with Gasteiger partial charge in [0.25, 0.3) is 0 Å². The third kappa shape index (κ3) is 2.62. The summed E-state index contributed by atoms with van der Waals surface area (Å²) in [5.74, 6) is 1.60. The van der Waals surface area contributed by atoms with Gasteiger partial charge in [0.15, 0.2) is 10.8 Å². The zero-order chi connectivity index (χ0) is 17.4. The lowest BCUT2D eigenvalue weighted by molar-refractivity contribution is 0.415. The minimum Gasteiger partial charge on any atom is -0.497 e. The second kappa shape index (κ2) is 6.18. The van der Waals surface area contributed by atoms with E-state index in [-0.39, 0.29) is 0 Å². The maximum Gasteiger partial charge on any atom is 0.188 e. The van der Waals surface area contributed by atoms with Crippen molar-refractivity contribution in [3.63, 3.8) is 0 Å². The second-order valence-corrected chi connectivity index (χ2v) is 6.52. The Labute approximate surface area is 149 Å². The van der Waals surface area contributed by atoms with Crippen LogP contribution in [0.5, 0.6) is 5.75 Å². The molecule has 0 amide bonds. The molecule has 4 aromatic rings. The Morgan fingerprint density at radius 1 is 1.08 bits per heavy atom. The zero-order valence-electron chi connectivity index (χ0n) is 14.1. The quantitative estimate of drug-likeness (QED) is 0.595. The van der Waals surface area contributed by atoms with E-state index >= 15 is 0 Å². The fourth-order valence-corrected chi connectivity index (χ4v) is 3.45. The molecule has 7 heteroatoms. The molecule has 1 N–H and O–H groups in total. The number of anilines is 2. The van der Waals surface area contributed by atoms with Crippen molar-refractivity contribution >= 4 is 33.3 Å². The van der Waals surface area contributed by atoms with Crippen molar-refractivity contribution < 1.29 is 4.74 Å². The lowest BCUT2D eigenvalue weighted by atomic mass is 10.2. The normalized spacial score (nSPS) is 11.0. The van der Waals surface area contributed by atoms with Gasteiger partial charge in [-0.2, -0.15) is 0 Å². The minimum absolute atomic E-state index is 0.771. The maximum absolute atomic E-state index is 5.26. The fraction of sp³-hybridized carbons (Fsp3) is 0.167. The summed E-state index contributed by atoms with van der Waals surface area (Å²) in [5, 5.41) is 7.05. The van der Waals surface area contributed by atoms with Crippen LogP contribution in [0.1, 0.15) is 11.3 Å². The van der Waals surface area contributed by atoms with Crippen molar-refractivity contribution in [1.29, 1.82) is 0 Å². The molecule has 1 aromatic carbocycles. The van der Waals surface area contributed by atoms with E-state index in [9.17, 15) is 0 Å². The Bertz CT molecular complexity index is 1020. The van der Waals surface area contributed by atoms with Crippen LogP contribution in [0.25, 0.3) is 16.7 Å². The van der Waals surface area contributed by atoms with Crippen LogP contribution in [0, 0.1) is 13.8 Å². The minimum atomic E-state index is 0.771. The summed E-state index contributed by atoms with van der Waals surface area (Å²) >= 11 is 1.54. The zero-order valence-corrected chi connectivity index (χ0v) is 15.0. The van der Waals surface area contributed by atoms with E-state index in [4.69, 9.17) is 4.74 Å². The largest absolute Gasteiger partial charge is 0.497 e. The monoisotopic (exact) mass is 351 g/mol. The van der Waals surface area contributed by atoms with Gasteiger partial charge >= 0.3 is 0 Å². The van der Waals surface area contributed by atoms with Gasteiger partial charge in [-0.1, -0.05) is 0 Å². The predicted molar refractivity (Wildman–Crippen MR) is 100 cm³/mol. The van der Waals surface area contributed by atoms with Crippen molar-refractivity contribution in [2.24, 2.45) is 0 Å². The van der Waals surface area contributed by atoms with Gasteiger partial charge in [0, 0.05) is 23.0 Å². The number of nitrogens with zero attached hydrogens (tertiary/aromatic N) is 4. The average molecular weight is 351 g/mol. The number of fused-ring (bicyclic) bond motifs is 1. The third-order valence-electron chi connectivity index (χ3n) is 4.28. The summed E-state index contributed by atoms with van der Waals surface area (Å²) in [6.07, 6.45) is 3.35. The molecule has 0 saturated carbocycles. The number of nitrogens with one attached hydrogen (secondary N) is 1. The number of ether oxygens (including phenoxy) is 1. The number of aryl methyl sites for hydroxylation is 1. The number of hydrogen-bond donors (Lipinski definition) is 1. The first-order valence-corrected chi connectivity index (χ1v) is 8.70. The molecule has 0 unspecified atom stereocenters. The summed E-state index contributed by atoms with van der Waals surface area (Å²) in [6, 6.07) is 7.96. The summed E-state index contributed by atoms with van der Waals surface area (Å²) in [6.45, 7) is 4.18. The van der Waals surface area contributed by atoms with E-state index in [2.05, 4.69) is 38.7 Å². The van der Waals surface area contributed by atoms with E-state index in [1.54, 1.807) is 31.0 Å². The first-order chi connectivity index (χ1) is 12.2. The van der Waals surface area contributed by atoms with Crippen LogP contribution in [0.4, 0.5) is 10.9 Å². The van der Waals surface area contributed by atoms with Crippen LogP contribution < -0.4 is 10.1 Å². The van der Waals surface area contributed by atoms with E-state index in [0.717, 1.165) is 44.7 Å². The molecule has 0 spiro atoms. The van der Waals surface area contributed by atoms with Crippen LogP contribution >= 0.6 is 11.3 Å². The first kappa shape index (κ1) is 15.6. The third-order valence-corrected chi connectivity index (χ3v) is 4.97. The number of rotatable bonds is 4. The molecule has 3 aromatic heterocycles. The number of benzene rings is 1. The lowest BCUT2D eigenvalue weighted by Gasteiger charge is -2.09. The second-order valence-electron chi connectivity index (χ2n) is 5.63. The highest BCUT2D eigenvalue weighted by Gasteiger charge is 2.18. The predicted octanol–water partition coefficient (Wildman–Crippen LogP) is 4.25. The molecule has 25 heavy (non-hydrogen) atoms. The van der Waals surface area contributed by atoms with Gasteiger partial charge in [-0.15, -0.1) is 11.3 Å². The SMILES string of the molecule is COc1ccc(-n2c(C)c(C)c3c(Nc4nccs4)ncnc32)cc1. The maximum atomic E-state index is 5.26. The molecule has 0 saturated heterocycles. The summed E-state index contributed by atoms with van der Waals surface area (Å²) < 4.78 is 7.39. The van der Waals surface area contributed by atoms with Crippen LogP contribution in [0.2, 0.25) is 0 Å². The Hall–Kier alpha value is -2.93. The molecule has 4 rings (SSSR count). The highest BCUT2D eigenvalue weighted by Crippen LogP contribution is 2.33. The molecule has 126 valence electrons. The molecule has 6 nitrogen and oxygen atoms in total. The standard InChI is InChI=1S/C18H17N5OS/c1-11-12(2)23(13-4-6-14(24-3)7-5-13)17-15(11)16(20-10-21-17)22-18-19-8-9-25-18/h4-10H,1-3H3,(H,19,20,21,22). The smallest absolute Gasteiger partial charge is 0.188 e. The number of methoxy groups -OCH3 is 1. The van der Waals surface area contributed by atoms with E-state index in [1.165, 1.54) is 0 Å². The van der Waals surface area contributed by atoms with Gasteiger partial charge in [0.2, 0.25) is 0 Å². The van der Waals surface area contributed by atoms with Gasteiger partial charge in [0.1, 0.15) is 17.9 Å². The molecule has 0 aliphatic rings. The summed E-state index contributed by atoms with van der Waals surface area (Å²) in [5.41, 5.74) is 4.18. The molecule has 0 aliphatic carbocycles. The highest BCUT2D eigenvalue weighted by atomic mass is 32.1. The molecular formula is C18H17N5OS. The Morgan fingerprint density at radius 3 is 2.56 bits per heavy atom. The number of thiazole rings is 1. The average Bonchev–Trinajstić information content (AvgIpc) is 3.23. The van der Waals surface area contributed by atoms with Crippen LogP contribution in [-0.4, -0.2) is 26.6 Å². The first-order valence-electron chi connectivity index (χ1n) is 7.82. The van der Waals surface area contributed by atoms with Crippen molar-refractivity contribution in [2.75, 3.05) is 12.4 Å². The molecular weight excluding hydrogens is 334 g/mol.